The molecule has 0 spiro atoms. The lowest BCUT2D eigenvalue weighted by Gasteiger charge is -2.10. The van der Waals surface area contributed by atoms with Crippen LogP contribution in [0.15, 0.2) is 53.5 Å². The van der Waals surface area contributed by atoms with Gasteiger partial charge in [-0.2, -0.15) is 0 Å². The summed E-state index contributed by atoms with van der Waals surface area (Å²) in [5.41, 5.74) is 1.34. The molecular formula is C18H15ClN2O3. The molecule has 2 aromatic carbocycles. The van der Waals surface area contributed by atoms with Gasteiger partial charge in [0.2, 0.25) is 0 Å². The predicted octanol–water partition coefficient (Wildman–Crippen LogP) is 3.51. The molecule has 1 amide bonds. The molecular weight excluding hydrogens is 328 g/mol. The summed E-state index contributed by atoms with van der Waals surface area (Å²) in [7, 11) is 0. The lowest BCUT2D eigenvalue weighted by atomic mass is 10.1. The second-order valence-electron chi connectivity index (χ2n) is 5.32. The first-order valence-electron chi connectivity index (χ1n) is 7.34. The lowest BCUT2D eigenvalue weighted by molar-refractivity contribution is -0.118. The first-order valence-corrected chi connectivity index (χ1v) is 7.71. The molecule has 2 N–H and O–H groups in total. The molecule has 6 heteroatoms. The summed E-state index contributed by atoms with van der Waals surface area (Å²) in [6.07, 6.45) is 1.55. The average Bonchev–Trinajstić information content (AvgIpc) is 2.57. The van der Waals surface area contributed by atoms with Crippen LogP contribution in [-0.4, -0.2) is 17.5 Å². The molecule has 0 aliphatic heterocycles. The molecule has 0 radical (unpaired) electrons. The van der Waals surface area contributed by atoms with Crippen LogP contribution in [0, 0.1) is 6.92 Å². The molecule has 0 aliphatic carbocycles. The molecule has 1 heterocycles. The molecule has 122 valence electrons. The van der Waals surface area contributed by atoms with Crippen LogP contribution < -0.4 is 15.6 Å². The van der Waals surface area contributed by atoms with Crippen molar-refractivity contribution >= 4 is 34.0 Å². The van der Waals surface area contributed by atoms with Crippen LogP contribution in [0.3, 0.4) is 0 Å². The minimum Gasteiger partial charge on any atom is -0.483 e. The van der Waals surface area contributed by atoms with Crippen molar-refractivity contribution in [1.82, 2.24) is 4.98 Å². The van der Waals surface area contributed by atoms with Crippen molar-refractivity contribution in [3.8, 4) is 5.75 Å². The molecule has 1 aromatic heterocycles. The topological polar surface area (TPSA) is 71.2 Å². The Morgan fingerprint density at radius 1 is 1.21 bits per heavy atom. The minimum atomic E-state index is -0.309. The van der Waals surface area contributed by atoms with Crippen molar-refractivity contribution < 1.29 is 9.53 Å². The summed E-state index contributed by atoms with van der Waals surface area (Å²) in [5.74, 6) is 0.174. The van der Waals surface area contributed by atoms with Gasteiger partial charge < -0.3 is 15.0 Å². The highest BCUT2D eigenvalue weighted by Gasteiger charge is 2.08. The molecule has 0 bridgehead atoms. The highest BCUT2D eigenvalue weighted by atomic mass is 35.5. The molecule has 0 saturated carbocycles. The summed E-state index contributed by atoms with van der Waals surface area (Å²) < 4.78 is 5.56. The van der Waals surface area contributed by atoms with Gasteiger partial charge in [-0.05, 0) is 42.8 Å². The number of carbonyl (C=O) groups is 1. The fourth-order valence-electron chi connectivity index (χ4n) is 2.33. The number of H-pyrrole nitrogens is 1. The molecule has 24 heavy (non-hydrogen) atoms. The molecule has 0 unspecified atom stereocenters. The summed E-state index contributed by atoms with van der Waals surface area (Å²) in [6.45, 7) is 1.72. The van der Waals surface area contributed by atoms with E-state index >= 15 is 0 Å². The zero-order valence-electron chi connectivity index (χ0n) is 12.9. The van der Waals surface area contributed by atoms with Crippen LogP contribution >= 0.6 is 11.6 Å². The quantitative estimate of drug-likeness (QED) is 0.762. The Kier molecular flexibility index (Phi) is 4.53. The van der Waals surface area contributed by atoms with Crippen LogP contribution in [-0.2, 0) is 4.79 Å². The van der Waals surface area contributed by atoms with Crippen molar-refractivity contribution in [2.24, 2.45) is 0 Å². The number of carbonyl (C=O) groups excluding carboxylic acids is 1. The first kappa shape index (κ1) is 16.1. The van der Waals surface area contributed by atoms with Crippen molar-refractivity contribution in [2.75, 3.05) is 11.9 Å². The van der Waals surface area contributed by atoms with Crippen LogP contribution in [0.2, 0.25) is 5.02 Å². The number of rotatable bonds is 4. The zero-order chi connectivity index (χ0) is 17.1. The van der Waals surface area contributed by atoms with Crippen LogP contribution in [0.1, 0.15) is 5.56 Å². The Bertz CT molecular complexity index is 966. The van der Waals surface area contributed by atoms with Crippen molar-refractivity contribution in [2.45, 2.75) is 6.92 Å². The van der Waals surface area contributed by atoms with Gasteiger partial charge in [0.1, 0.15) is 5.75 Å². The van der Waals surface area contributed by atoms with E-state index in [4.69, 9.17) is 16.3 Å². The Morgan fingerprint density at radius 2 is 2.04 bits per heavy atom. The van der Waals surface area contributed by atoms with Gasteiger partial charge in [0, 0.05) is 22.3 Å². The predicted molar refractivity (Wildman–Crippen MR) is 94.9 cm³/mol. The molecule has 0 fully saturated rings. The van der Waals surface area contributed by atoms with Crippen molar-refractivity contribution in [3.05, 3.63) is 69.6 Å². The number of pyridine rings is 1. The monoisotopic (exact) mass is 342 g/mol. The average molecular weight is 343 g/mol. The Hall–Kier alpha value is -2.79. The number of aryl methyl sites for hydroxylation is 1. The van der Waals surface area contributed by atoms with E-state index in [0.717, 1.165) is 5.56 Å². The number of amides is 1. The second-order valence-corrected chi connectivity index (χ2v) is 5.73. The first-order chi connectivity index (χ1) is 11.5. The number of nitrogens with one attached hydrogen (secondary N) is 2. The third kappa shape index (κ3) is 3.41. The van der Waals surface area contributed by atoms with E-state index in [2.05, 4.69) is 10.3 Å². The molecule has 0 atom stereocenters. The summed E-state index contributed by atoms with van der Waals surface area (Å²) in [6, 6.07) is 12.2. The van der Waals surface area contributed by atoms with Gasteiger partial charge in [-0.15, -0.1) is 0 Å². The van der Waals surface area contributed by atoms with Gasteiger partial charge in [0.05, 0.1) is 5.39 Å². The number of hydrogen-bond acceptors (Lipinski definition) is 3. The minimum absolute atomic E-state index is 0.169. The SMILES string of the molecule is Cc1ccc(NC(=O)COc2cccc3c(=O)[nH]ccc23)cc1Cl. The van der Waals surface area contributed by atoms with Gasteiger partial charge in [-0.1, -0.05) is 23.7 Å². The standard InChI is InChI=1S/C18H15ClN2O3/c1-11-5-6-12(9-15(11)19)21-17(22)10-24-16-4-2-3-14-13(16)7-8-20-18(14)23/h2-9H,10H2,1H3,(H,20,23)(H,21,22). The zero-order valence-corrected chi connectivity index (χ0v) is 13.7. The molecule has 3 rings (SSSR count). The number of fused-ring (bicyclic) bond motifs is 1. The Labute approximate surface area is 143 Å². The fraction of sp³-hybridized carbons (Fsp3) is 0.111. The number of aromatic nitrogens is 1. The molecule has 3 aromatic rings. The molecule has 5 nitrogen and oxygen atoms in total. The maximum absolute atomic E-state index is 12.0. The third-order valence-corrected chi connectivity index (χ3v) is 4.00. The Morgan fingerprint density at radius 3 is 2.83 bits per heavy atom. The summed E-state index contributed by atoms with van der Waals surface area (Å²) in [5, 5.41) is 4.48. The van der Waals surface area contributed by atoms with E-state index in [1.807, 2.05) is 13.0 Å². The van der Waals surface area contributed by atoms with Gasteiger partial charge in [-0.25, -0.2) is 0 Å². The number of ether oxygens (including phenoxy) is 1. The smallest absolute Gasteiger partial charge is 0.262 e. The van der Waals surface area contributed by atoms with E-state index in [9.17, 15) is 9.59 Å². The van der Waals surface area contributed by atoms with Crippen LogP contribution in [0.4, 0.5) is 5.69 Å². The highest BCUT2D eigenvalue weighted by molar-refractivity contribution is 6.31. The number of aromatic amines is 1. The van der Waals surface area contributed by atoms with E-state index < -0.39 is 0 Å². The fourth-order valence-corrected chi connectivity index (χ4v) is 2.51. The van der Waals surface area contributed by atoms with Gasteiger partial charge >= 0.3 is 0 Å². The normalized spacial score (nSPS) is 10.6. The number of benzene rings is 2. The van der Waals surface area contributed by atoms with Crippen molar-refractivity contribution in [3.63, 3.8) is 0 Å². The Balaban J connectivity index is 1.71. The highest BCUT2D eigenvalue weighted by Crippen LogP contribution is 2.23. The van der Waals surface area contributed by atoms with Crippen LogP contribution in [0.25, 0.3) is 10.8 Å². The van der Waals surface area contributed by atoms with E-state index in [1.54, 1.807) is 42.6 Å². The largest absolute Gasteiger partial charge is 0.483 e. The second kappa shape index (κ2) is 6.76. The molecule has 0 saturated heterocycles. The lowest BCUT2D eigenvalue weighted by Crippen LogP contribution is -2.20. The molecule has 0 aliphatic rings. The number of halogens is 1. The van der Waals surface area contributed by atoms with E-state index in [0.29, 0.717) is 27.2 Å². The third-order valence-electron chi connectivity index (χ3n) is 3.59. The number of anilines is 1. The van der Waals surface area contributed by atoms with Gasteiger partial charge in [-0.3, -0.25) is 9.59 Å². The van der Waals surface area contributed by atoms with Crippen molar-refractivity contribution in [1.29, 1.82) is 0 Å². The maximum atomic E-state index is 12.0. The summed E-state index contributed by atoms with van der Waals surface area (Å²) >= 11 is 6.04. The number of hydrogen-bond donors (Lipinski definition) is 2. The summed E-state index contributed by atoms with van der Waals surface area (Å²) in [4.78, 5) is 26.4. The van der Waals surface area contributed by atoms with Crippen LogP contribution in [0.5, 0.6) is 5.75 Å². The van der Waals surface area contributed by atoms with Gasteiger partial charge in [0.25, 0.3) is 11.5 Å². The maximum Gasteiger partial charge on any atom is 0.262 e. The van der Waals surface area contributed by atoms with E-state index in [1.165, 1.54) is 0 Å². The van der Waals surface area contributed by atoms with Gasteiger partial charge in [0.15, 0.2) is 6.61 Å². The van der Waals surface area contributed by atoms with E-state index in [-0.39, 0.29) is 18.1 Å².